The zero-order chi connectivity index (χ0) is 14.7. The van der Waals surface area contributed by atoms with Crippen molar-refractivity contribution in [3.8, 4) is 0 Å². The molecule has 1 aliphatic heterocycles. The smallest absolute Gasteiger partial charge is 0.334 e. The molecule has 0 aromatic heterocycles. The fourth-order valence-electron chi connectivity index (χ4n) is 1.77. The molecule has 8 heteroatoms. The van der Waals surface area contributed by atoms with E-state index in [4.69, 9.17) is 9.84 Å². The first-order chi connectivity index (χ1) is 9.47. The van der Waals surface area contributed by atoms with Crippen LogP contribution >= 0.6 is 15.9 Å². The van der Waals surface area contributed by atoms with Crippen LogP contribution in [0.3, 0.4) is 0 Å². The quantitative estimate of drug-likeness (QED) is 0.857. The largest absolute Gasteiger partial charge is 0.479 e. The molecule has 2 rings (SSSR count). The average Bonchev–Trinajstić information content (AvgIpc) is 2.43. The maximum absolute atomic E-state index is 13.1. The highest BCUT2D eigenvalue weighted by Gasteiger charge is 2.29. The van der Waals surface area contributed by atoms with Crippen LogP contribution in [0.2, 0.25) is 0 Å². The number of anilines is 1. The van der Waals surface area contributed by atoms with Gasteiger partial charge in [-0.15, -0.1) is 0 Å². The number of carboxylic acid groups (broad SMARTS) is 1. The van der Waals surface area contributed by atoms with Gasteiger partial charge in [0.1, 0.15) is 5.82 Å². The van der Waals surface area contributed by atoms with Gasteiger partial charge in [-0.2, -0.15) is 0 Å². The van der Waals surface area contributed by atoms with Gasteiger partial charge in [0.05, 0.1) is 18.8 Å². The van der Waals surface area contributed by atoms with Gasteiger partial charge in [0, 0.05) is 11.0 Å². The molecule has 1 aromatic rings. The number of morpholine rings is 1. The van der Waals surface area contributed by atoms with Gasteiger partial charge >= 0.3 is 12.0 Å². The number of hydrogen-bond donors (Lipinski definition) is 2. The lowest BCUT2D eigenvalue weighted by molar-refractivity contribution is -0.154. The average molecular weight is 347 g/mol. The molecule has 1 aliphatic rings. The predicted molar refractivity (Wildman–Crippen MR) is 72.1 cm³/mol. The molecule has 2 amide bonds. The summed E-state index contributed by atoms with van der Waals surface area (Å²) in [6, 6.07) is 3.42. The molecule has 2 N–H and O–H groups in total. The number of ether oxygens (including phenoxy) is 1. The third-order valence-corrected chi connectivity index (χ3v) is 3.49. The Hall–Kier alpha value is -1.67. The minimum atomic E-state index is -1.12. The van der Waals surface area contributed by atoms with Gasteiger partial charge in [0.2, 0.25) is 0 Å². The molecule has 0 saturated carbocycles. The maximum Gasteiger partial charge on any atom is 0.334 e. The van der Waals surface area contributed by atoms with Gasteiger partial charge in [-0.3, -0.25) is 0 Å². The summed E-state index contributed by atoms with van der Waals surface area (Å²) in [7, 11) is 0. The van der Waals surface area contributed by atoms with Crippen molar-refractivity contribution in [2.75, 3.05) is 25.0 Å². The zero-order valence-corrected chi connectivity index (χ0v) is 11.9. The molecule has 0 spiro atoms. The van der Waals surface area contributed by atoms with Crippen molar-refractivity contribution in [2.24, 2.45) is 0 Å². The van der Waals surface area contributed by atoms with Crippen molar-refractivity contribution in [3.05, 3.63) is 28.5 Å². The minimum Gasteiger partial charge on any atom is -0.479 e. The highest BCUT2D eigenvalue weighted by Crippen LogP contribution is 2.23. The van der Waals surface area contributed by atoms with E-state index in [9.17, 15) is 14.0 Å². The van der Waals surface area contributed by atoms with Crippen LogP contribution in [0.15, 0.2) is 22.7 Å². The first-order valence-corrected chi connectivity index (χ1v) is 6.62. The van der Waals surface area contributed by atoms with Gasteiger partial charge in [-0.05, 0) is 34.1 Å². The van der Waals surface area contributed by atoms with E-state index in [1.165, 1.54) is 23.1 Å². The third-order valence-electron chi connectivity index (χ3n) is 2.80. The second kappa shape index (κ2) is 6.19. The first-order valence-electron chi connectivity index (χ1n) is 5.83. The monoisotopic (exact) mass is 346 g/mol. The molecule has 6 nitrogen and oxygen atoms in total. The molecule has 1 atom stereocenters. The minimum absolute atomic E-state index is 0.0475. The molecule has 0 radical (unpaired) electrons. The molecule has 20 heavy (non-hydrogen) atoms. The van der Waals surface area contributed by atoms with Crippen molar-refractivity contribution < 1.29 is 23.8 Å². The van der Waals surface area contributed by atoms with Gasteiger partial charge in [0.25, 0.3) is 0 Å². The van der Waals surface area contributed by atoms with E-state index >= 15 is 0 Å². The number of carbonyl (C=O) groups is 2. The lowest BCUT2D eigenvalue weighted by Gasteiger charge is -2.30. The number of urea groups is 1. The van der Waals surface area contributed by atoms with Crippen LogP contribution in [0.25, 0.3) is 0 Å². The van der Waals surface area contributed by atoms with Crippen molar-refractivity contribution in [1.29, 1.82) is 0 Å². The van der Waals surface area contributed by atoms with Crippen LogP contribution in [0.5, 0.6) is 0 Å². The summed E-state index contributed by atoms with van der Waals surface area (Å²) < 4.78 is 18.7. The summed E-state index contributed by atoms with van der Waals surface area (Å²) in [5.74, 6) is -1.59. The number of carboxylic acids is 1. The van der Waals surface area contributed by atoms with Gasteiger partial charge in [-0.1, -0.05) is 0 Å². The Bertz CT molecular complexity index is 540. The van der Waals surface area contributed by atoms with Crippen LogP contribution in [-0.4, -0.2) is 47.8 Å². The predicted octanol–water partition coefficient (Wildman–Crippen LogP) is 1.91. The Kier molecular flexibility index (Phi) is 4.56. The fraction of sp³-hybridized carbons (Fsp3) is 0.333. The van der Waals surface area contributed by atoms with E-state index < -0.39 is 23.9 Å². The lowest BCUT2D eigenvalue weighted by Crippen LogP contribution is -2.49. The number of halogens is 2. The molecule has 1 unspecified atom stereocenters. The Morgan fingerprint density at radius 3 is 2.95 bits per heavy atom. The second-order valence-electron chi connectivity index (χ2n) is 4.20. The van der Waals surface area contributed by atoms with E-state index in [1.807, 2.05) is 0 Å². The molecule has 0 aliphatic carbocycles. The standard InChI is InChI=1S/C12H12BrFN2O4/c13-8-2-1-7(14)5-9(8)15-12(19)16-3-4-20-10(6-16)11(17)18/h1-2,5,10H,3-4,6H2,(H,15,19)(H,17,18). The number of rotatable bonds is 2. The number of amides is 2. The molecule has 1 saturated heterocycles. The van der Waals surface area contributed by atoms with Gasteiger partial charge < -0.3 is 20.1 Å². The summed E-state index contributed by atoms with van der Waals surface area (Å²) in [4.78, 5) is 24.2. The van der Waals surface area contributed by atoms with Crippen LogP contribution in [-0.2, 0) is 9.53 Å². The molecule has 1 fully saturated rings. The Morgan fingerprint density at radius 2 is 2.25 bits per heavy atom. The third kappa shape index (κ3) is 3.45. The molecular weight excluding hydrogens is 335 g/mol. The normalized spacial score (nSPS) is 18.7. The Labute approximate surface area is 122 Å². The van der Waals surface area contributed by atoms with E-state index in [2.05, 4.69) is 21.2 Å². The zero-order valence-electron chi connectivity index (χ0n) is 10.3. The number of nitrogens with one attached hydrogen (secondary N) is 1. The van der Waals surface area contributed by atoms with Gasteiger partial charge in [0.15, 0.2) is 6.10 Å². The summed E-state index contributed by atoms with van der Waals surface area (Å²) in [5, 5.41) is 11.4. The topological polar surface area (TPSA) is 78.9 Å². The van der Waals surface area contributed by atoms with Crippen LogP contribution < -0.4 is 5.32 Å². The van der Waals surface area contributed by atoms with E-state index in [-0.39, 0.29) is 25.4 Å². The second-order valence-corrected chi connectivity index (χ2v) is 5.05. The van der Waals surface area contributed by atoms with E-state index in [0.29, 0.717) is 4.47 Å². The number of benzene rings is 1. The van der Waals surface area contributed by atoms with Crippen LogP contribution in [0, 0.1) is 5.82 Å². The SMILES string of the molecule is O=C(O)C1CN(C(=O)Nc2cc(F)ccc2Br)CCO1. The van der Waals surface area contributed by atoms with Crippen molar-refractivity contribution in [2.45, 2.75) is 6.10 Å². The maximum atomic E-state index is 13.1. The summed E-state index contributed by atoms with van der Waals surface area (Å²) >= 11 is 3.20. The highest BCUT2D eigenvalue weighted by atomic mass is 79.9. The Balaban J connectivity index is 2.04. The number of hydrogen-bond acceptors (Lipinski definition) is 3. The molecule has 108 valence electrons. The number of aliphatic carboxylic acids is 1. The van der Waals surface area contributed by atoms with Crippen molar-refractivity contribution in [1.82, 2.24) is 4.90 Å². The summed E-state index contributed by atoms with van der Waals surface area (Å²) in [6.45, 7) is 0.380. The van der Waals surface area contributed by atoms with E-state index in [1.54, 1.807) is 0 Å². The highest BCUT2D eigenvalue weighted by molar-refractivity contribution is 9.10. The fourth-order valence-corrected chi connectivity index (χ4v) is 2.12. The van der Waals surface area contributed by atoms with Crippen molar-refractivity contribution >= 4 is 33.6 Å². The summed E-state index contributed by atoms with van der Waals surface area (Å²) in [5.41, 5.74) is 0.286. The summed E-state index contributed by atoms with van der Waals surface area (Å²) in [6.07, 6.45) is -1.04. The Morgan fingerprint density at radius 1 is 1.50 bits per heavy atom. The van der Waals surface area contributed by atoms with E-state index in [0.717, 1.165) is 0 Å². The molecule has 0 bridgehead atoms. The number of carbonyl (C=O) groups excluding carboxylic acids is 1. The lowest BCUT2D eigenvalue weighted by atomic mass is 10.3. The first kappa shape index (κ1) is 14.7. The molecule has 1 aromatic carbocycles. The van der Waals surface area contributed by atoms with Crippen molar-refractivity contribution in [3.63, 3.8) is 0 Å². The van der Waals surface area contributed by atoms with Crippen LogP contribution in [0.4, 0.5) is 14.9 Å². The molecular formula is C12H12BrFN2O4. The van der Waals surface area contributed by atoms with Gasteiger partial charge in [-0.25, -0.2) is 14.0 Å². The van der Waals surface area contributed by atoms with Crippen LogP contribution in [0.1, 0.15) is 0 Å². The number of nitrogens with zero attached hydrogens (tertiary/aromatic N) is 1. The molecule has 1 heterocycles.